The molecule has 0 bridgehead atoms. The molecular weight excluding hydrogens is 430 g/mol. The highest BCUT2D eigenvalue weighted by atomic mass is 32.1. The number of methoxy groups -OCH3 is 1. The van der Waals surface area contributed by atoms with Crippen LogP contribution >= 0.6 is 11.3 Å². The number of thiophene rings is 1. The number of aromatic nitrogens is 2. The van der Waals surface area contributed by atoms with E-state index in [1.165, 1.54) is 10.4 Å². The van der Waals surface area contributed by atoms with Crippen molar-refractivity contribution in [3.63, 3.8) is 0 Å². The van der Waals surface area contributed by atoms with Crippen molar-refractivity contribution in [3.05, 3.63) is 26.6 Å². The Bertz CT molecular complexity index is 957. The smallest absolute Gasteiger partial charge is 0.305 e. The number of hydrogen-bond acceptors (Lipinski definition) is 8. The molecule has 178 valence electrons. The second-order valence-corrected chi connectivity index (χ2v) is 9.80. The monoisotopic (exact) mass is 465 g/mol. The molecule has 0 radical (unpaired) electrons. The van der Waals surface area contributed by atoms with Gasteiger partial charge in [0.05, 0.1) is 11.9 Å². The van der Waals surface area contributed by atoms with E-state index in [0.717, 1.165) is 35.9 Å². The third-order valence-corrected chi connectivity index (χ3v) is 6.92. The fraction of sp³-hybridized carbons (Fsp3) is 0.696. The van der Waals surface area contributed by atoms with Crippen molar-refractivity contribution in [2.24, 2.45) is 5.92 Å². The molecule has 2 aromatic rings. The SMILES string of the molecule is CCCC(=O)OC[C@H](O)CN(CCCOC)Cc1nc2sc3c(c2c(=O)[nH]1)CC[C@H](C)C3. The van der Waals surface area contributed by atoms with Crippen LogP contribution in [-0.4, -0.2) is 65.5 Å². The normalized spacial score (nSPS) is 17.0. The van der Waals surface area contributed by atoms with Gasteiger partial charge in [0.2, 0.25) is 0 Å². The van der Waals surface area contributed by atoms with Gasteiger partial charge in [-0.2, -0.15) is 0 Å². The van der Waals surface area contributed by atoms with Gasteiger partial charge in [-0.05, 0) is 43.6 Å². The molecular formula is C23H35N3O5S. The topological polar surface area (TPSA) is 105 Å². The summed E-state index contributed by atoms with van der Waals surface area (Å²) in [5.41, 5.74) is 1.09. The molecule has 2 heterocycles. The molecule has 0 amide bonds. The maximum Gasteiger partial charge on any atom is 0.305 e. The average Bonchev–Trinajstić information content (AvgIpc) is 3.10. The molecule has 0 spiro atoms. The Morgan fingerprint density at radius 2 is 2.25 bits per heavy atom. The summed E-state index contributed by atoms with van der Waals surface area (Å²) in [5, 5.41) is 11.1. The number of esters is 1. The van der Waals surface area contributed by atoms with E-state index in [1.807, 2.05) is 11.8 Å². The highest BCUT2D eigenvalue weighted by Gasteiger charge is 2.23. The van der Waals surface area contributed by atoms with Gasteiger partial charge >= 0.3 is 5.97 Å². The van der Waals surface area contributed by atoms with Crippen molar-refractivity contribution in [3.8, 4) is 0 Å². The molecule has 32 heavy (non-hydrogen) atoms. The predicted molar refractivity (Wildman–Crippen MR) is 125 cm³/mol. The Morgan fingerprint density at radius 1 is 1.44 bits per heavy atom. The summed E-state index contributed by atoms with van der Waals surface area (Å²) in [4.78, 5) is 36.3. The Balaban J connectivity index is 1.71. The van der Waals surface area contributed by atoms with Crippen LogP contribution in [0.3, 0.4) is 0 Å². The molecule has 0 aromatic carbocycles. The first-order valence-electron chi connectivity index (χ1n) is 11.5. The lowest BCUT2D eigenvalue weighted by molar-refractivity contribution is -0.147. The van der Waals surface area contributed by atoms with E-state index < -0.39 is 6.10 Å². The van der Waals surface area contributed by atoms with E-state index in [-0.39, 0.29) is 18.1 Å². The number of rotatable bonds is 12. The number of nitrogens with one attached hydrogen (secondary N) is 1. The van der Waals surface area contributed by atoms with Crippen molar-refractivity contribution in [1.29, 1.82) is 0 Å². The minimum Gasteiger partial charge on any atom is -0.463 e. The third-order valence-electron chi connectivity index (χ3n) is 5.77. The number of aryl methyl sites for hydroxylation is 1. The lowest BCUT2D eigenvalue weighted by atomic mass is 9.89. The van der Waals surface area contributed by atoms with Crippen LogP contribution in [0.1, 0.15) is 55.8 Å². The van der Waals surface area contributed by atoms with E-state index in [1.54, 1.807) is 18.4 Å². The van der Waals surface area contributed by atoms with Gasteiger partial charge in [-0.25, -0.2) is 4.98 Å². The first-order valence-corrected chi connectivity index (χ1v) is 12.3. The molecule has 0 unspecified atom stereocenters. The van der Waals surface area contributed by atoms with E-state index in [9.17, 15) is 14.7 Å². The Morgan fingerprint density at radius 3 is 3.00 bits per heavy atom. The van der Waals surface area contributed by atoms with E-state index >= 15 is 0 Å². The van der Waals surface area contributed by atoms with Crippen LogP contribution < -0.4 is 5.56 Å². The summed E-state index contributed by atoms with van der Waals surface area (Å²) in [7, 11) is 1.65. The number of fused-ring (bicyclic) bond motifs is 3. The van der Waals surface area contributed by atoms with Crippen LogP contribution in [0.2, 0.25) is 0 Å². The Hall–Kier alpha value is -1.81. The van der Waals surface area contributed by atoms with Crippen LogP contribution in [0.25, 0.3) is 10.2 Å². The number of ether oxygens (including phenoxy) is 2. The fourth-order valence-corrected chi connectivity index (χ4v) is 5.57. The molecule has 0 saturated heterocycles. The minimum atomic E-state index is -0.815. The van der Waals surface area contributed by atoms with Crippen LogP contribution in [0, 0.1) is 5.92 Å². The number of H-pyrrole nitrogens is 1. The first-order chi connectivity index (χ1) is 15.4. The number of nitrogens with zero attached hydrogens (tertiary/aromatic N) is 2. The zero-order valence-corrected chi connectivity index (χ0v) is 20.1. The molecule has 3 rings (SSSR count). The summed E-state index contributed by atoms with van der Waals surface area (Å²) >= 11 is 1.63. The Kier molecular flexibility index (Phi) is 9.22. The maximum absolute atomic E-state index is 12.9. The standard InChI is InChI=1S/C23H35N3O5S/c1-4-6-20(28)31-14-16(27)12-26(9-5-10-30-3)13-19-24-22(29)21-17-8-7-15(2)11-18(17)32-23(21)25-19/h15-16,27H,4-14H2,1-3H3,(H,24,25,29)/t15-,16+/m0/s1. The van der Waals surface area contributed by atoms with Crippen LogP contribution in [0.5, 0.6) is 0 Å². The summed E-state index contributed by atoms with van der Waals surface area (Å²) in [6.45, 7) is 6.07. The van der Waals surface area contributed by atoms with E-state index in [2.05, 4.69) is 11.9 Å². The lowest BCUT2D eigenvalue weighted by Gasteiger charge is -2.24. The quantitative estimate of drug-likeness (QED) is 0.367. The zero-order valence-electron chi connectivity index (χ0n) is 19.3. The van der Waals surface area contributed by atoms with Crippen LogP contribution in [-0.2, 0) is 33.7 Å². The van der Waals surface area contributed by atoms with Crippen molar-refractivity contribution in [1.82, 2.24) is 14.9 Å². The molecule has 2 atom stereocenters. The van der Waals surface area contributed by atoms with Gasteiger partial charge in [-0.15, -0.1) is 11.3 Å². The third kappa shape index (κ3) is 6.60. The summed E-state index contributed by atoms with van der Waals surface area (Å²) in [6.07, 6.45) is 4.07. The molecule has 1 aliphatic rings. The van der Waals surface area contributed by atoms with Gasteiger partial charge in [0.25, 0.3) is 5.56 Å². The molecule has 0 aliphatic heterocycles. The second kappa shape index (κ2) is 11.9. The van der Waals surface area contributed by atoms with Crippen molar-refractivity contribution in [2.75, 3.05) is 33.4 Å². The van der Waals surface area contributed by atoms with E-state index in [0.29, 0.717) is 50.8 Å². The summed E-state index contributed by atoms with van der Waals surface area (Å²) in [6, 6.07) is 0. The fourth-order valence-electron chi connectivity index (χ4n) is 4.16. The lowest BCUT2D eigenvalue weighted by Crippen LogP contribution is -2.37. The number of aliphatic hydroxyl groups is 1. The largest absolute Gasteiger partial charge is 0.463 e. The van der Waals surface area contributed by atoms with Crippen LogP contribution in [0.15, 0.2) is 4.79 Å². The van der Waals surface area contributed by atoms with Crippen molar-refractivity contribution >= 4 is 27.5 Å². The predicted octanol–water partition coefficient (Wildman–Crippen LogP) is 2.65. The van der Waals surface area contributed by atoms with Crippen molar-refractivity contribution < 1.29 is 19.4 Å². The molecule has 0 saturated carbocycles. The molecule has 0 fully saturated rings. The van der Waals surface area contributed by atoms with Crippen molar-refractivity contribution in [2.45, 2.75) is 65.0 Å². The van der Waals surface area contributed by atoms with Crippen LogP contribution in [0.4, 0.5) is 0 Å². The molecule has 2 N–H and O–H groups in total. The first kappa shape index (κ1) is 24.8. The van der Waals surface area contributed by atoms with Gasteiger partial charge in [0.15, 0.2) is 0 Å². The number of carbonyl (C=O) groups excluding carboxylic acids is 1. The number of aromatic amines is 1. The van der Waals surface area contributed by atoms with Gasteiger partial charge < -0.3 is 19.6 Å². The van der Waals surface area contributed by atoms with E-state index in [4.69, 9.17) is 14.5 Å². The summed E-state index contributed by atoms with van der Waals surface area (Å²) < 4.78 is 10.3. The molecule has 2 aromatic heterocycles. The van der Waals surface area contributed by atoms with Gasteiger partial charge in [-0.1, -0.05) is 13.8 Å². The van der Waals surface area contributed by atoms with Gasteiger partial charge in [0.1, 0.15) is 23.4 Å². The molecule has 9 heteroatoms. The minimum absolute atomic E-state index is 0.0432. The summed E-state index contributed by atoms with van der Waals surface area (Å²) in [5.74, 6) is 0.921. The number of aliphatic hydroxyl groups excluding tert-OH is 1. The molecule has 1 aliphatic carbocycles. The zero-order chi connectivity index (χ0) is 23.1. The maximum atomic E-state index is 12.9. The average molecular weight is 466 g/mol. The molecule has 8 nitrogen and oxygen atoms in total. The van der Waals surface area contributed by atoms with Gasteiger partial charge in [-0.3, -0.25) is 14.5 Å². The second-order valence-electron chi connectivity index (χ2n) is 8.71. The highest BCUT2D eigenvalue weighted by molar-refractivity contribution is 7.18. The van der Waals surface area contributed by atoms with Gasteiger partial charge in [0, 0.05) is 38.1 Å². The Labute approximate surface area is 192 Å². The highest BCUT2D eigenvalue weighted by Crippen LogP contribution is 2.35. The number of hydrogen-bond donors (Lipinski definition) is 2. The number of carbonyl (C=O) groups is 1.